The quantitative estimate of drug-likeness (QED) is 0.801. The minimum Gasteiger partial charge on any atom is -0.497 e. The molecule has 1 aromatic heterocycles. The van der Waals surface area contributed by atoms with Gasteiger partial charge in [0, 0.05) is 49.3 Å². The smallest absolute Gasteiger partial charge is 0.223 e. The summed E-state index contributed by atoms with van der Waals surface area (Å²) in [6.45, 7) is 3.48. The first-order valence-corrected chi connectivity index (χ1v) is 10.6. The number of piperidine rings is 1. The van der Waals surface area contributed by atoms with E-state index in [9.17, 15) is 4.79 Å². The minimum atomic E-state index is 0.114. The molecule has 152 valence electrons. The van der Waals surface area contributed by atoms with Crippen LogP contribution < -0.4 is 9.64 Å². The highest BCUT2D eigenvalue weighted by molar-refractivity contribution is 5.79. The predicted octanol–water partition coefficient (Wildman–Crippen LogP) is 2.99. The molecule has 2 saturated heterocycles. The van der Waals surface area contributed by atoms with Gasteiger partial charge >= 0.3 is 0 Å². The molecule has 0 atom stereocenters. The molecule has 2 aliphatic heterocycles. The third-order valence-corrected chi connectivity index (χ3v) is 6.89. The van der Waals surface area contributed by atoms with E-state index in [0.717, 1.165) is 62.4 Å². The van der Waals surface area contributed by atoms with Crippen LogP contribution >= 0.6 is 0 Å². The van der Waals surface area contributed by atoms with E-state index in [1.807, 2.05) is 23.1 Å². The number of anilines is 1. The summed E-state index contributed by atoms with van der Waals surface area (Å²) in [7, 11) is 1.68. The van der Waals surface area contributed by atoms with Gasteiger partial charge in [0.05, 0.1) is 7.11 Å². The zero-order valence-corrected chi connectivity index (χ0v) is 17.1. The van der Waals surface area contributed by atoms with Gasteiger partial charge in [-0.1, -0.05) is 12.1 Å². The van der Waals surface area contributed by atoms with Crippen LogP contribution in [0.1, 0.15) is 42.5 Å². The Kier molecular flexibility index (Phi) is 4.64. The summed E-state index contributed by atoms with van der Waals surface area (Å²) in [6, 6.07) is 8.02. The van der Waals surface area contributed by atoms with Crippen molar-refractivity contribution in [3.05, 3.63) is 47.4 Å². The fraction of sp³-hybridized carbons (Fsp3) is 0.522. The van der Waals surface area contributed by atoms with Crippen LogP contribution in [-0.2, 0) is 24.2 Å². The Balaban J connectivity index is 1.25. The summed E-state index contributed by atoms with van der Waals surface area (Å²) >= 11 is 0. The van der Waals surface area contributed by atoms with Crippen LogP contribution in [0.25, 0.3) is 0 Å². The molecule has 0 unspecified atom stereocenters. The summed E-state index contributed by atoms with van der Waals surface area (Å²) in [6.07, 6.45) is 7.85. The zero-order valence-electron chi connectivity index (χ0n) is 17.1. The van der Waals surface area contributed by atoms with Gasteiger partial charge < -0.3 is 14.5 Å². The second-order valence-corrected chi connectivity index (χ2v) is 8.74. The zero-order chi connectivity index (χ0) is 19.8. The topological polar surface area (TPSA) is 58.6 Å². The first-order valence-electron chi connectivity index (χ1n) is 10.6. The molecule has 2 aromatic rings. The first-order chi connectivity index (χ1) is 14.2. The average Bonchev–Trinajstić information content (AvgIpc) is 3.33. The number of carbonyl (C=O) groups is 1. The second kappa shape index (κ2) is 7.32. The Hall–Kier alpha value is -2.63. The summed E-state index contributed by atoms with van der Waals surface area (Å²) in [5.74, 6) is 2.26. The summed E-state index contributed by atoms with van der Waals surface area (Å²) in [4.78, 5) is 26.3. The molecule has 0 saturated carbocycles. The van der Waals surface area contributed by atoms with Gasteiger partial charge in [-0.25, -0.2) is 9.97 Å². The molecule has 0 N–H and O–H groups in total. The van der Waals surface area contributed by atoms with Gasteiger partial charge in [0.2, 0.25) is 5.91 Å². The van der Waals surface area contributed by atoms with E-state index in [-0.39, 0.29) is 11.3 Å². The lowest BCUT2D eigenvalue weighted by Gasteiger charge is -2.39. The molecule has 0 bridgehead atoms. The number of nitrogens with zero attached hydrogens (tertiary/aromatic N) is 4. The Labute approximate surface area is 171 Å². The van der Waals surface area contributed by atoms with Crippen molar-refractivity contribution in [3.8, 4) is 5.75 Å². The van der Waals surface area contributed by atoms with E-state index in [4.69, 9.17) is 4.74 Å². The van der Waals surface area contributed by atoms with Gasteiger partial charge in [0.25, 0.3) is 0 Å². The van der Waals surface area contributed by atoms with Gasteiger partial charge in [0.15, 0.2) is 0 Å². The summed E-state index contributed by atoms with van der Waals surface area (Å²) in [5.41, 5.74) is 3.83. The van der Waals surface area contributed by atoms with Crippen molar-refractivity contribution >= 4 is 11.7 Å². The lowest BCUT2D eigenvalue weighted by Crippen LogP contribution is -2.42. The van der Waals surface area contributed by atoms with Gasteiger partial charge in [-0.15, -0.1) is 0 Å². The van der Waals surface area contributed by atoms with Gasteiger partial charge in [-0.05, 0) is 49.8 Å². The van der Waals surface area contributed by atoms with Gasteiger partial charge in [0.1, 0.15) is 17.9 Å². The Morgan fingerprint density at radius 1 is 1.17 bits per heavy atom. The number of rotatable bonds is 4. The monoisotopic (exact) mass is 392 g/mol. The number of hydrogen-bond donors (Lipinski definition) is 0. The minimum absolute atomic E-state index is 0.114. The van der Waals surface area contributed by atoms with Crippen LogP contribution in [0.2, 0.25) is 0 Å². The van der Waals surface area contributed by atoms with Crippen LogP contribution in [0.3, 0.4) is 0 Å². The average molecular weight is 393 g/mol. The molecular formula is C23H28N4O2. The highest BCUT2D eigenvalue weighted by Gasteiger charge is 2.45. The normalized spacial score (nSPS) is 20.4. The third kappa shape index (κ3) is 3.45. The summed E-state index contributed by atoms with van der Waals surface area (Å²) in [5, 5.41) is 0. The molecule has 29 heavy (non-hydrogen) atoms. The predicted molar refractivity (Wildman–Crippen MR) is 111 cm³/mol. The fourth-order valence-corrected chi connectivity index (χ4v) is 5.26. The molecular weight excluding hydrogens is 364 g/mol. The van der Waals surface area contributed by atoms with E-state index >= 15 is 0 Å². The lowest BCUT2D eigenvalue weighted by atomic mass is 9.77. The van der Waals surface area contributed by atoms with Gasteiger partial charge in [-0.2, -0.15) is 0 Å². The maximum Gasteiger partial charge on any atom is 0.223 e. The molecule has 0 radical (unpaired) electrons. The number of aryl methyl sites for hydroxylation is 1. The third-order valence-electron chi connectivity index (χ3n) is 6.89. The van der Waals surface area contributed by atoms with Crippen molar-refractivity contribution in [2.75, 3.05) is 31.6 Å². The molecule has 6 nitrogen and oxygen atoms in total. The number of hydrogen-bond acceptors (Lipinski definition) is 5. The van der Waals surface area contributed by atoms with Crippen molar-refractivity contribution in [1.29, 1.82) is 0 Å². The number of ether oxygens (including phenoxy) is 1. The van der Waals surface area contributed by atoms with E-state index in [1.54, 1.807) is 13.4 Å². The maximum absolute atomic E-state index is 12.8. The molecule has 3 aliphatic rings. The van der Waals surface area contributed by atoms with Crippen molar-refractivity contribution in [1.82, 2.24) is 14.9 Å². The number of methoxy groups -OCH3 is 1. The lowest BCUT2D eigenvalue weighted by molar-refractivity contribution is -0.128. The van der Waals surface area contributed by atoms with Crippen molar-refractivity contribution in [2.24, 2.45) is 5.41 Å². The van der Waals surface area contributed by atoms with Crippen LogP contribution in [0.5, 0.6) is 5.75 Å². The molecule has 1 amide bonds. The number of benzene rings is 1. The van der Waals surface area contributed by atoms with Gasteiger partial charge in [-0.3, -0.25) is 4.79 Å². The Morgan fingerprint density at radius 2 is 2.03 bits per heavy atom. The van der Waals surface area contributed by atoms with Crippen LogP contribution in [0.15, 0.2) is 30.6 Å². The number of likely N-dealkylation sites (tertiary alicyclic amines) is 1. The Morgan fingerprint density at radius 3 is 2.86 bits per heavy atom. The summed E-state index contributed by atoms with van der Waals surface area (Å²) < 4.78 is 5.32. The highest BCUT2D eigenvalue weighted by Crippen LogP contribution is 2.43. The Bertz CT molecular complexity index is 921. The van der Waals surface area contributed by atoms with E-state index in [1.165, 1.54) is 17.7 Å². The first kappa shape index (κ1) is 18.4. The van der Waals surface area contributed by atoms with Crippen LogP contribution in [-0.4, -0.2) is 47.5 Å². The molecule has 3 heterocycles. The number of fused-ring (bicyclic) bond motifs is 1. The second-order valence-electron chi connectivity index (χ2n) is 8.74. The number of carbonyl (C=O) groups excluding carboxylic acids is 1. The standard InChI is InChI=1S/C23H28N4O2/c1-29-18-5-2-4-17(12-18)14-27-15-23(13-21(27)28)8-10-26(11-9-23)22-19-6-3-7-20(19)24-16-25-22/h2,4-5,12,16H,3,6-11,13-15H2,1H3. The molecule has 1 aromatic carbocycles. The molecule has 1 spiro atoms. The van der Waals surface area contributed by atoms with Crippen LogP contribution in [0, 0.1) is 5.41 Å². The van der Waals surface area contributed by atoms with E-state index in [0.29, 0.717) is 13.0 Å². The molecule has 5 rings (SSSR count). The molecule has 2 fully saturated rings. The number of aromatic nitrogens is 2. The van der Waals surface area contributed by atoms with Crippen molar-refractivity contribution in [3.63, 3.8) is 0 Å². The van der Waals surface area contributed by atoms with E-state index < -0.39 is 0 Å². The largest absolute Gasteiger partial charge is 0.497 e. The van der Waals surface area contributed by atoms with E-state index in [2.05, 4.69) is 20.9 Å². The SMILES string of the molecule is COc1cccc(CN2CC3(CCN(c4ncnc5c4CCC5)CC3)CC2=O)c1. The van der Waals surface area contributed by atoms with Crippen molar-refractivity contribution in [2.45, 2.75) is 45.1 Å². The number of amides is 1. The molecule has 6 heteroatoms. The maximum atomic E-state index is 12.8. The molecule has 1 aliphatic carbocycles. The van der Waals surface area contributed by atoms with Crippen LogP contribution in [0.4, 0.5) is 5.82 Å². The van der Waals surface area contributed by atoms with Crippen molar-refractivity contribution < 1.29 is 9.53 Å². The fourth-order valence-electron chi connectivity index (χ4n) is 5.26. The highest BCUT2D eigenvalue weighted by atomic mass is 16.5.